The number of aryl methyl sites for hydroxylation is 1. The van der Waals surface area contributed by atoms with Gasteiger partial charge in [0.05, 0.1) is 17.0 Å². The van der Waals surface area contributed by atoms with Crippen molar-refractivity contribution in [3.63, 3.8) is 0 Å². The Bertz CT molecular complexity index is 928. The number of hydrogen-bond donors (Lipinski definition) is 0. The number of sulfonamides is 1. The molecule has 2 heterocycles. The number of likely N-dealkylation sites (tertiary alicyclic amines) is 1. The number of nitrogens with zero attached hydrogens (tertiary/aromatic N) is 5. The zero-order valence-electron chi connectivity index (χ0n) is 16.8. The van der Waals surface area contributed by atoms with E-state index in [0.29, 0.717) is 37.5 Å². The number of hydrogen-bond acceptors (Lipinski definition) is 5. The third-order valence-electron chi connectivity index (χ3n) is 5.50. The lowest BCUT2D eigenvalue weighted by Crippen LogP contribution is -2.38. The van der Waals surface area contributed by atoms with Gasteiger partial charge in [0.2, 0.25) is 15.9 Å². The van der Waals surface area contributed by atoms with Crippen molar-refractivity contribution in [1.29, 1.82) is 0 Å². The normalized spacial score (nSPS) is 16.2. The molecule has 0 saturated carbocycles. The molecule has 1 amide bonds. The van der Waals surface area contributed by atoms with Crippen molar-refractivity contribution in [2.24, 2.45) is 5.92 Å². The van der Waals surface area contributed by atoms with Gasteiger partial charge in [-0.25, -0.2) is 13.1 Å². The monoisotopic (exact) mass is 407 g/mol. The zero-order valence-corrected chi connectivity index (χ0v) is 17.7. The van der Waals surface area contributed by atoms with Gasteiger partial charge in [0.1, 0.15) is 5.52 Å². The van der Waals surface area contributed by atoms with E-state index in [9.17, 15) is 13.2 Å². The van der Waals surface area contributed by atoms with Crippen LogP contribution in [-0.4, -0.2) is 64.7 Å². The second-order valence-electron chi connectivity index (χ2n) is 7.37. The molecule has 1 aromatic carbocycles. The topological polar surface area (TPSA) is 88.4 Å². The standard InChI is InChI=1S/C19H29N5O3S/c1-4-23(5-2)28(26,27)16-6-7-18-17(14-16)20-21-24(18)13-10-19(25)22-11-8-15(3)9-12-22/h6-7,14-15H,4-5,8-13H2,1-3H3. The summed E-state index contributed by atoms with van der Waals surface area (Å²) in [5.74, 6) is 0.821. The Morgan fingerprint density at radius 2 is 1.89 bits per heavy atom. The molecule has 2 aromatic rings. The van der Waals surface area contributed by atoms with E-state index < -0.39 is 10.0 Å². The smallest absolute Gasteiger partial charge is 0.243 e. The molecule has 0 bridgehead atoms. The third-order valence-corrected chi connectivity index (χ3v) is 7.55. The molecule has 1 fully saturated rings. The van der Waals surface area contributed by atoms with E-state index in [1.54, 1.807) is 22.9 Å². The van der Waals surface area contributed by atoms with E-state index in [0.717, 1.165) is 31.4 Å². The minimum atomic E-state index is -3.53. The van der Waals surface area contributed by atoms with Crippen LogP contribution in [0.25, 0.3) is 11.0 Å². The number of carbonyl (C=O) groups excluding carboxylic acids is 1. The molecule has 0 atom stereocenters. The summed E-state index contributed by atoms with van der Waals surface area (Å²) in [4.78, 5) is 14.6. The van der Waals surface area contributed by atoms with Crippen LogP contribution in [0.2, 0.25) is 0 Å². The maximum atomic E-state index is 12.7. The average molecular weight is 408 g/mol. The number of benzene rings is 1. The van der Waals surface area contributed by atoms with Crippen LogP contribution in [0, 0.1) is 5.92 Å². The van der Waals surface area contributed by atoms with Crippen LogP contribution >= 0.6 is 0 Å². The summed E-state index contributed by atoms with van der Waals surface area (Å²) in [6.45, 7) is 8.77. The van der Waals surface area contributed by atoms with Crippen LogP contribution < -0.4 is 0 Å². The number of piperidine rings is 1. The Morgan fingerprint density at radius 1 is 1.21 bits per heavy atom. The first kappa shape index (κ1) is 20.7. The van der Waals surface area contributed by atoms with Gasteiger partial charge in [0, 0.05) is 32.6 Å². The Balaban J connectivity index is 1.72. The van der Waals surface area contributed by atoms with Gasteiger partial charge in [-0.15, -0.1) is 5.10 Å². The maximum absolute atomic E-state index is 12.7. The lowest BCUT2D eigenvalue weighted by molar-refractivity contribution is -0.132. The molecule has 3 rings (SSSR count). The molecular formula is C19H29N5O3S. The Morgan fingerprint density at radius 3 is 2.54 bits per heavy atom. The van der Waals surface area contributed by atoms with E-state index in [-0.39, 0.29) is 10.8 Å². The van der Waals surface area contributed by atoms with Crippen molar-refractivity contribution in [3.05, 3.63) is 18.2 Å². The highest BCUT2D eigenvalue weighted by atomic mass is 32.2. The van der Waals surface area contributed by atoms with Crippen molar-refractivity contribution < 1.29 is 13.2 Å². The van der Waals surface area contributed by atoms with Gasteiger partial charge in [0.25, 0.3) is 0 Å². The van der Waals surface area contributed by atoms with Crippen LogP contribution in [0.5, 0.6) is 0 Å². The molecule has 1 aliphatic rings. The molecule has 0 spiro atoms. The summed E-state index contributed by atoms with van der Waals surface area (Å²) in [6.07, 6.45) is 2.48. The van der Waals surface area contributed by atoms with Crippen molar-refractivity contribution in [2.45, 2.75) is 51.5 Å². The summed E-state index contributed by atoms with van der Waals surface area (Å²) in [6, 6.07) is 4.86. The molecule has 1 aliphatic heterocycles. The molecule has 0 radical (unpaired) electrons. The lowest BCUT2D eigenvalue weighted by Gasteiger charge is -2.30. The first-order valence-electron chi connectivity index (χ1n) is 9.98. The zero-order chi connectivity index (χ0) is 20.3. The van der Waals surface area contributed by atoms with Crippen molar-refractivity contribution >= 4 is 27.0 Å². The SMILES string of the molecule is CCN(CC)S(=O)(=O)c1ccc2c(c1)nnn2CCC(=O)N1CCC(C)CC1. The van der Waals surface area contributed by atoms with Gasteiger partial charge >= 0.3 is 0 Å². The molecule has 28 heavy (non-hydrogen) atoms. The van der Waals surface area contributed by atoms with E-state index in [1.165, 1.54) is 4.31 Å². The highest BCUT2D eigenvalue weighted by Crippen LogP contribution is 2.21. The predicted octanol–water partition coefficient (Wildman–Crippen LogP) is 2.11. The second-order valence-corrected chi connectivity index (χ2v) is 9.30. The van der Waals surface area contributed by atoms with Gasteiger partial charge in [0.15, 0.2) is 0 Å². The summed E-state index contributed by atoms with van der Waals surface area (Å²) < 4.78 is 28.4. The van der Waals surface area contributed by atoms with Crippen LogP contribution in [0.3, 0.4) is 0 Å². The Labute approximate surface area is 166 Å². The second kappa shape index (κ2) is 8.57. The number of fused-ring (bicyclic) bond motifs is 1. The van der Waals surface area contributed by atoms with E-state index >= 15 is 0 Å². The summed E-state index contributed by atoms with van der Waals surface area (Å²) in [5, 5.41) is 8.23. The van der Waals surface area contributed by atoms with Gasteiger partial charge in [-0.05, 0) is 37.0 Å². The summed E-state index contributed by atoms with van der Waals surface area (Å²) in [5.41, 5.74) is 1.26. The largest absolute Gasteiger partial charge is 0.343 e. The predicted molar refractivity (Wildman–Crippen MR) is 107 cm³/mol. The fourth-order valence-corrected chi connectivity index (χ4v) is 5.09. The van der Waals surface area contributed by atoms with Crippen molar-refractivity contribution in [1.82, 2.24) is 24.2 Å². The van der Waals surface area contributed by atoms with Crippen LogP contribution in [-0.2, 0) is 21.4 Å². The van der Waals surface area contributed by atoms with Gasteiger partial charge in [-0.2, -0.15) is 4.31 Å². The molecule has 154 valence electrons. The molecule has 0 unspecified atom stereocenters. The first-order valence-corrected chi connectivity index (χ1v) is 11.4. The molecule has 9 heteroatoms. The minimum absolute atomic E-state index is 0.135. The molecule has 1 aromatic heterocycles. The third kappa shape index (κ3) is 4.20. The lowest BCUT2D eigenvalue weighted by atomic mass is 9.99. The quantitative estimate of drug-likeness (QED) is 0.701. The van der Waals surface area contributed by atoms with Gasteiger partial charge in [-0.3, -0.25) is 4.79 Å². The molecule has 1 saturated heterocycles. The molecular weight excluding hydrogens is 378 g/mol. The minimum Gasteiger partial charge on any atom is -0.343 e. The summed E-state index contributed by atoms with van der Waals surface area (Å²) >= 11 is 0. The first-order chi connectivity index (χ1) is 13.4. The van der Waals surface area contributed by atoms with E-state index in [1.807, 2.05) is 18.7 Å². The Hall–Kier alpha value is -2.00. The van der Waals surface area contributed by atoms with E-state index in [4.69, 9.17) is 0 Å². The number of carbonyl (C=O) groups is 1. The fraction of sp³-hybridized carbons (Fsp3) is 0.632. The molecule has 8 nitrogen and oxygen atoms in total. The highest BCUT2D eigenvalue weighted by Gasteiger charge is 2.23. The maximum Gasteiger partial charge on any atom is 0.243 e. The molecule has 0 aliphatic carbocycles. The summed E-state index contributed by atoms with van der Waals surface area (Å²) in [7, 11) is -3.53. The van der Waals surface area contributed by atoms with Crippen molar-refractivity contribution in [2.75, 3.05) is 26.2 Å². The number of aromatic nitrogens is 3. The number of amides is 1. The Kier molecular flexibility index (Phi) is 6.34. The average Bonchev–Trinajstić information content (AvgIpc) is 3.09. The fourth-order valence-electron chi connectivity index (χ4n) is 3.61. The molecule has 0 N–H and O–H groups in total. The highest BCUT2D eigenvalue weighted by molar-refractivity contribution is 7.89. The van der Waals surface area contributed by atoms with E-state index in [2.05, 4.69) is 17.2 Å². The van der Waals surface area contributed by atoms with Gasteiger partial charge < -0.3 is 4.90 Å². The van der Waals surface area contributed by atoms with Crippen LogP contribution in [0.4, 0.5) is 0 Å². The van der Waals surface area contributed by atoms with Crippen molar-refractivity contribution in [3.8, 4) is 0 Å². The van der Waals surface area contributed by atoms with Crippen LogP contribution in [0.15, 0.2) is 23.1 Å². The van der Waals surface area contributed by atoms with Crippen LogP contribution in [0.1, 0.15) is 40.0 Å². The number of rotatable bonds is 7. The van der Waals surface area contributed by atoms with Gasteiger partial charge in [-0.1, -0.05) is 26.0 Å².